The zero-order chi connectivity index (χ0) is 20.8. The lowest BCUT2D eigenvalue weighted by molar-refractivity contribution is 0.162. The quantitative estimate of drug-likeness (QED) is 0.556. The van der Waals surface area contributed by atoms with E-state index >= 15 is 0 Å². The number of anilines is 1. The smallest absolute Gasteiger partial charge is 0.228 e. The van der Waals surface area contributed by atoms with Gasteiger partial charge in [-0.1, -0.05) is 12.1 Å². The second kappa shape index (κ2) is 9.43. The van der Waals surface area contributed by atoms with Crippen LogP contribution in [0.25, 0.3) is 0 Å². The fourth-order valence-corrected chi connectivity index (χ4v) is 3.34. The number of aromatic nitrogens is 2. The summed E-state index contributed by atoms with van der Waals surface area (Å²) in [6.45, 7) is 4.12. The van der Waals surface area contributed by atoms with Crippen LogP contribution >= 0.6 is 0 Å². The van der Waals surface area contributed by atoms with Crippen molar-refractivity contribution in [2.75, 3.05) is 24.6 Å². The summed E-state index contributed by atoms with van der Waals surface area (Å²) in [5.41, 5.74) is 0. The van der Waals surface area contributed by atoms with E-state index in [1.54, 1.807) is 24.4 Å². The summed E-state index contributed by atoms with van der Waals surface area (Å²) < 4.78 is 30.6. The molecule has 0 radical (unpaired) electrons. The molecule has 0 saturated carbocycles. The van der Waals surface area contributed by atoms with Crippen LogP contribution in [0.4, 0.5) is 10.3 Å². The molecule has 1 aliphatic heterocycles. The Morgan fingerprint density at radius 1 is 1.00 bits per heavy atom. The van der Waals surface area contributed by atoms with E-state index < -0.39 is 0 Å². The van der Waals surface area contributed by atoms with Crippen LogP contribution in [0, 0.1) is 5.82 Å². The van der Waals surface area contributed by atoms with E-state index in [9.17, 15) is 4.39 Å². The SMILES string of the molecule is CCOc1ccccc1OC1CCN(c2nccc(Oc3ccc(F)cc3)n2)CC1. The van der Waals surface area contributed by atoms with Crippen LogP contribution in [0.1, 0.15) is 19.8 Å². The first-order chi connectivity index (χ1) is 14.7. The Kier molecular flexibility index (Phi) is 6.27. The van der Waals surface area contributed by atoms with Crippen molar-refractivity contribution in [3.8, 4) is 23.1 Å². The van der Waals surface area contributed by atoms with E-state index in [1.807, 2.05) is 31.2 Å². The third-order valence-electron chi connectivity index (χ3n) is 4.82. The number of hydrogen-bond acceptors (Lipinski definition) is 6. The highest BCUT2D eigenvalue weighted by atomic mass is 19.1. The second-order valence-corrected chi connectivity index (χ2v) is 6.93. The molecule has 3 aromatic rings. The fourth-order valence-electron chi connectivity index (χ4n) is 3.34. The van der Waals surface area contributed by atoms with E-state index in [-0.39, 0.29) is 11.9 Å². The Bertz CT molecular complexity index is 960. The van der Waals surface area contributed by atoms with Crippen molar-refractivity contribution in [1.29, 1.82) is 0 Å². The maximum Gasteiger partial charge on any atom is 0.228 e. The van der Waals surface area contributed by atoms with Gasteiger partial charge in [-0.25, -0.2) is 9.37 Å². The summed E-state index contributed by atoms with van der Waals surface area (Å²) in [5.74, 6) is 2.82. The lowest BCUT2D eigenvalue weighted by atomic mass is 10.1. The molecule has 0 bridgehead atoms. The molecule has 2 heterocycles. The molecule has 4 rings (SSSR count). The Hall–Kier alpha value is -3.35. The zero-order valence-electron chi connectivity index (χ0n) is 16.8. The third-order valence-corrected chi connectivity index (χ3v) is 4.82. The third kappa shape index (κ3) is 4.97. The van der Waals surface area contributed by atoms with E-state index in [1.165, 1.54) is 12.1 Å². The molecule has 0 atom stereocenters. The Labute approximate surface area is 175 Å². The van der Waals surface area contributed by atoms with Gasteiger partial charge in [-0.2, -0.15) is 4.98 Å². The van der Waals surface area contributed by atoms with E-state index in [4.69, 9.17) is 14.2 Å². The van der Waals surface area contributed by atoms with Gasteiger partial charge in [0.25, 0.3) is 0 Å². The molecule has 7 heteroatoms. The zero-order valence-corrected chi connectivity index (χ0v) is 16.8. The average molecular weight is 409 g/mol. The van der Waals surface area contributed by atoms with Crippen LogP contribution < -0.4 is 19.1 Å². The largest absolute Gasteiger partial charge is 0.490 e. The summed E-state index contributed by atoms with van der Waals surface area (Å²) in [6.07, 6.45) is 3.49. The Morgan fingerprint density at radius 2 is 1.73 bits per heavy atom. The molecule has 1 fully saturated rings. The maximum absolute atomic E-state index is 13.1. The molecule has 1 aromatic heterocycles. The van der Waals surface area contributed by atoms with Crippen molar-refractivity contribution >= 4 is 5.95 Å². The number of nitrogens with zero attached hydrogens (tertiary/aromatic N) is 3. The summed E-state index contributed by atoms with van der Waals surface area (Å²) >= 11 is 0. The number of benzene rings is 2. The molecule has 30 heavy (non-hydrogen) atoms. The van der Waals surface area contributed by atoms with Crippen LogP contribution in [0.5, 0.6) is 23.1 Å². The van der Waals surface area contributed by atoms with Crippen molar-refractivity contribution in [2.45, 2.75) is 25.9 Å². The summed E-state index contributed by atoms with van der Waals surface area (Å²) in [7, 11) is 0. The molecule has 0 amide bonds. The van der Waals surface area contributed by atoms with Crippen molar-refractivity contribution < 1.29 is 18.6 Å². The summed E-state index contributed by atoms with van der Waals surface area (Å²) in [6, 6.07) is 15.3. The van der Waals surface area contributed by atoms with Crippen molar-refractivity contribution in [1.82, 2.24) is 9.97 Å². The molecule has 0 spiro atoms. The molecule has 156 valence electrons. The Morgan fingerprint density at radius 3 is 2.47 bits per heavy atom. The van der Waals surface area contributed by atoms with Gasteiger partial charge in [0.1, 0.15) is 17.7 Å². The molecular formula is C23H24FN3O3. The first-order valence-corrected chi connectivity index (χ1v) is 10.1. The van der Waals surface area contributed by atoms with Gasteiger partial charge in [-0.05, 0) is 43.3 Å². The van der Waals surface area contributed by atoms with Crippen LogP contribution in [-0.2, 0) is 0 Å². The number of hydrogen-bond donors (Lipinski definition) is 0. The number of ether oxygens (including phenoxy) is 3. The lowest BCUT2D eigenvalue weighted by Gasteiger charge is -2.32. The fraction of sp³-hybridized carbons (Fsp3) is 0.304. The molecule has 6 nitrogen and oxygen atoms in total. The minimum atomic E-state index is -0.306. The monoisotopic (exact) mass is 409 g/mol. The summed E-state index contributed by atoms with van der Waals surface area (Å²) in [5, 5.41) is 0. The number of halogens is 1. The molecule has 0 unspecified atom stereocenters. The summed E-state index contributed by atoms with van der Waals surface area (Å²) in [4.78, 5) is 11.0. The highest BCUT2D eigenvalue weighted by Crippen LogP contribution is 2.30. The molecular weight excluding hydrogens is 385 g/mol. The van der Waals surface area contributed by atoms with E-state index in [2.05, 4.69) is 14.9 Å². The van der Waals surface area contributed by atoms with E-state index in [0.29, 0.717) is 24.2 Å². The second-order valence-electron chi connectivity index (χ2n) is 6.93. The van der Waals surface area contributed by atoms with Crippen molar-refractivity contribution in [3.05, 3.63) is 66.6 Å². The standard InChI is InChI=1S/C23H24FN3O3/c1-2-28-20-5-3-4-6-21(20)29-19-12-15-27(16-13-19)23-25-14-11-22(26-23)30-18-9-7-17(24)8-10-18/h3-11,14,19H,2,12-13,15-16H2,1H3. The predicted octanol–water partition coefficient (Wildman–Crippen LogP) is 4.85. The topological polar surface area (TPSA) is 56.7 Å². The minimum Gasteiger partial charge on any atom is -0.490 e. The van der Waals surface area contributed by atoms with Gasteiger partial charge in [-0.3, -0.25) is 0 Å². The normalized spacial score (nSPS) is 14.4. The van der Waals surface area contributed by atoms with Crippen molar-refractivity contribution in [3.63, 3.8) is 0 Å². The van der Waals surface area contributed by atoms with Crippen LogP contribution in [0.2, 0.25) is 0 Å². The number of rotatable bonds is 7. The maximum atomic E-state index is 13.1. The van der Waals surface area contributed by atoms with Gasteiger partial charge in [0.15, 0.2) is 11.5 Å². The first kappa shape index (κ1) is 19.9. The van der Waals surface area contributed by atoms with Gasteiger partial charge in [-0.15, -0.1) is 0 Å². The van der Waals surface area contributed by atoms with Gasteiger partial charge < -0.3 is 19.1 Å². The minimum absolute atomic E-state index is 0.113. The van der Waals surface area contributed by atoms with E-state index in [0.717, 1.165) is 37.4 Å². The number of para-hydroxylation sites is 2. The van der Waals surface area contributed by atoms with Crippen LogP contribution in [-0.4, -0.2) is 35.8 Å². The first-order valence-electron chi connectivity index (χ1n) is 10.1. The van der Waals surface area contributed by atoms with Gasteiger partial charge in [0.2, 0.25) is 11.8 Å². The molecule has 1 aliphatic rings. The highest BCUT2D eigenvalue weighted by molar-refractivity contribution is 5.40. The lowest BCUT2D eigenvalue weighted by Crippen LogP contribution is -2.39. The predicted molar refractivity (Wildman–Crippen MR) is 112 cm³/mol. The van der Waals surface area contributed by atoms with Gasteiger partial charge in [0, 0.05) is 38.2 Å². The Balaban J connectivity index is 1.36. The van der Waals surface area contributed by atoms with Crippen LogP contribution in [0.15, 0.2) is 60.8 Å². The molecule has 2 aromatic carbocycles. The molecule has 1 saturated heterocycles. The van der Waals surface area contributed by atoms with Crippen molar-refractivity contribution in [2.24, 2.45) is 0 Å². The number of piperidine rings is 1. The van der Waals surface area contributed by atoms with Gasteiger partial charge in [0.05, 0.1) is 6.61 Å². The van der Waals surface area contributed by atoms with Crippen LogP contribution in [0.3, 0.4) is 0 Å². The van der Waals surface area contributed by atoms with Gasteiger partial charge >= 0.3 is 0 Å². The molecule has 0 N–H and O–H groups in total. The average Bonchev–Trinajstić information content (AvgIpc) is 2.78. The molecule has 0 aliphatic carbocycles. The highest BCUT2D eigenvalue weighted by Gasteiger charge is 2.23.